The Bertz CT molecular complexity index is 440. The molecule has 4 atom stereocenters. The molecule has 1 aliphatic rings. The molecule has 20 heavy (non-hydrogen) atoms. The highest BCUT2D eigenvalue weighted by Crippen LogP contribution is 2.32. The lowest BCUT2D eigenvalue weighted by atomic mass is 9.80. The van der Waals surface area contributed by atoms with Gasteiger partial charge in [-0.2, -0.15) is 0 Å². The summed E-state index contributed by atoms with van der Waals surface area (Å²) in [4.78, 5) is 11.8. The van der Waals surface area contributed by atoms with E-state index in [1.165, 1.54) is 0 Å². The predicted molar refractivity (Wildman–Crippen MR) is 79.0 cm³/mol. The maximum Gasteiger partial charge on any atom is 0.321 e. The van der Waals surface area contributed by atoms with Crippen molar-refractivity contribution in [1.82, 2.24) is 0 Å². The molecular formula is C14H27NO4S. The predicted octanol–water partition coefficient (Wildman–Crippen LogP) is 1.50. The first kappa shape index (κ1) is 17.4. The van der Waals surface area contributed by atoms with Gasteiger partial charge < -0.3 is 10.5 Å². The summed E-state index contributed by atoms with van der Waals surface area (Å²) in [5, 5.41) is -0.647. The fourth-order valence-electron chi connectivity index (χ4n) is 3.14. The molecule has 0 spiro atoms. The molecule has 6 heteroatoms. The average molecular weight is 305 g/mol. The summed E-state index contributed by atoms with van der Waals surface area (Å²) in [7, 11) is -3.58. The van der Waals surface area contributed by atoms with Gasteiger partial charge in [0.05, 0.1) is 5.25 Å². The number of rotatable bonds is 3. The lowest BCUT2D eigenvalue weighted by Crippen LogP contribution is -2.51. The van der Waals surface area contributed by atoms with E-state index in [2.05, 4.69) is 6.92 Å². The van der Waals surface area contributed by atoms with E-state index in [0.29, 0.717) is 12.3 Å². The second kappa shape index (κ2) is 6.02. The van der Waals surface area contributed by atoms with Crippen LogP contribution in [-0.2, 0) is 19.4 Å². The van der Waals surface area contributed by atoms with Gasteiger partial charge in [0.15, 0.2) is 9.84 Å². The molecule has 0 aliphatic heterocycles. The maximum atomic E-state index is 12.4. The topological polar surface area (TPSA) is 86.5 Å². The van der Waals surface area contributed by atoms with E-state index >= 15 is 0 Å². The number of esters is 1. The third kappa shape index (κ3) is 4.74. The van der Waals surface area contributed by atoms with Crippen LogP contribution in [0.15, 0.2) is 0 Å². The van der Waals surface area contributed by atoms with Crippen LogP contribution in [0, 0.1) is 11.8 Å². The molecule has 1 saturated carbocycles. The minimum atomic E-state index is -3.58. The van der Waals surface area contributed by atoms with E-state index in [1.54, 1.807) is 20.8 Å². The Hall–Kier alpha value is -0.620. The fraction of sp³-hybridized carbons (Fsp3) is 0.929. The zero-order valence-electron chi connectivity index (χ0n) is 13.0. The molecule has 0 bridgehead atoms. The molecule has 4 unspecified atom stereocenters. The Labute approximate surface area is 122 Å². The van der Waals surface area contributed by atoms with Crippen LogP contribution < -0.4 is 5.73 Å². The number of ether oxygens (including phenoxy) is 1. The second-order valence-electron chi connectivity index (χ2n) is 7.08. The van der Waals surface area contributed by atoms with E-state index in [9.17, 15) is 13.2 Å². The van der Waals surface area contributed by atoms with Crippen LogP contribution in [0.25, 0.3) is 0 Å². The summed E-state index contributed by atoms with van der Waals surface area (Å²) in [5.74, 6) is -0.883. The third-order valence-electron chi connectivity index (χ3n) is 3.59. The Kier molecular flexibility index (Phi) is 5.24. The first-order chi connectivity index (χ1) is 8.92. The molecule has 0 saturated heterocycles. The van der Waals surface area contributed by atoms with E-state index in [4.69, 9.17) is 10.5 Å². The zero-order valence-corrected chi connectivity index (χ0v) is 13.9. The van der Waals surface area contributed by atoms with Gasteiger partial charge in [-0.3, -0.25) is 4.79 Å². The molecule has 0 heterocycles. The van der Waals surface area contributed by atoms with Gasteiger partial charge in [-0.15, -0.1) is 0 Å². The van der Waals surface area contributed by atoms with Gasteiger partial charge in [-0.25, -0.2) is 8.42 Å². The highest BCUT2D eigenvalue weighted by molar-refractivity contribution is 7.92. The third-order valence-corrected chi connectivity index (χ3v) is 5.87. The summed E-state index contributed by atoms with van der Waals surface area (Å²) < 4.78 is 30.0. The van der Waals surface area contributed by atoms with Gasteiger partial charge in [-0.05, 0) is 45.4 Å². The molecule has 2 N–H and O–H groups in total. The Morgan fingerprint density at radius 2 is 1.80 bits per heavy atom. The summed E-state index contributed by atoms with van der Waals surface area (Å²) in [6, 6.07) is -0.402. The molecule has 0 amide bonds. The Balaban J connectivity index is 2.80. The molecule has 1 aliphatic carbocycles. The molecule has 1 fully saturated rings. The Morgan fingerprint density at radius 1 is 1.25 bits per heavy atom. The van der Waals surface area contributed by atoms with Crippen molar-refractivity contribution in [2.75, 3.05) is 5.75 Å². The van der Waals surface area contributed by atoms with Crippen molar-refractivity contribution in [2.24, 2.45) is 17.6 Å². The highest BCUT2D eigenvalue weighted by atomic mass is 32.2. The van der Waals surface area contributed by atoms with Crippen LogP contribution in [-0.4, -0.2) is 37.0 Å². The minimum Gasteiger partial charge on any atom is -0.459 e. The van der Waals surface area contributed by atoms with E-state index in [1.807, 2.05) is 6.92 Å². The second-order valence-corrected chi connectivity index (χ2v) is 9.23. The fourth-order valence-corrected chi connectivity index (χ4v) is 5.18. The molecule has 5 nitrogen and oxygen atoms in total. The normalized spacial score (nSPS) is 31.9. The molecule has 0 radical (unpaired) electrons. The first-order valence-corrected chi connectivity index (χ1v) is 8.83. The van der Waals surface area contributed by atoms with Gasteiger partial charge >= 0.3 is 5.97 Å². The van der Waals surface area contributed by atoms with Gasteiger partial charge in [0.25, 0.3) is 0 Å². The highest BCUT2D eigenvalue weighted by Gasteiger charge is 2.41. The van der Waals surface area contributed by atoms with Crippen LogP contribution in [0.5, 0.6) is 0 Å². The quantitative estimate of drug-likeness (QED) is 0.799. The SMILES string of the molecule is CC1CC(C)C(S(=O)(=O)CC(=O)OC(C)(C)C)C(N)C1. The smallest absolute Gasteiger partial charge is 0.321 e. The van der Waals surface area contributed by atoms with Crippen LogP contribution in [0.4, 0.5) is 0 Å². The van der Waals surface area contributed by atoms with Gasteiger partial charge in [0, 0.05) is 6.04 Å². The molecule has 118 valence electrons. The van der Waals surface area contributed by atoms with Crippen molar-refractivity contribution in [2.45, 2.75) is 64.4 Å². The van der Waals surface area contributed by atoms with Crippen molar-refractivity contribution >= 4 is 15.8 Å². The Morgan fingerprint density at radius 3 is 2.25 bits per heavy atom. The van der Waals surface area contributed by atoms with E-state index in [-0.39, 0.29) is 5.92 Å². The number of carbonyl (C=O) groups excluding carboxylic acids is 1. The average Bonchev–Trinajstić information content (AvgIpc) is 2.08. The summed E-state index contributed by atoms with van der Waals surface area (Å²) in [5.41, 5.74) is 5.34. The molecular weight excluding hydrogens is 278 g/mol. The van der Waals surface area contributed by atoms with Crippen molar-refractivity contribution in [3.05, 3.63) is 0 Å². The molecule has 0 aromatic heterocycles. The van der Waals surface area contributed by atoms with Crippen LogP contribution in [0.3, 0.4) is 0 Å². The molecule has 1 rings (SSSR count). The van der Waals surface area contributed by atoms with Crippen LogP contribution in [0.1, 0.15) is 47.5 Å². The van der Waals surface area contributed by atoms with Gasteiger partial charge in [0.1, 0.15) is 11.4 Å². The van der Waals surface area contributed by atoms with Gasteiger partial charge in [-0.1, -0.05) is 13.8 Å². The molecule has 0 aromatic carbocycles. The zero-order chi connectivity index (χ0) is 15.7. The van der Waals surface area contributed by atoms with Crippen molar-refractivity contribution in [3.63, 3.8) is 0 Å². The number of carbonyl (C=O) groups is 1. The summed E-state index contributed by atoms with van der Waals surface area (Å²) in [6.45, 7) is 9.12. The number of hydrogen-bond acceptors (Lipinski definition) is 5. The summed E-state index contributed by atoms with van der Waals surface area (Å²) >= 11 is 0. The van der Waals surface area contributed by atoms with E-state index < -0.39 is 38.5 Å². The van der Waals surface area contributed by atoms with Crippen molar-refractivity contribution in [1.29, 1.82) is 0 Å². The largest absolute Gasteiger partial charge is 0.459 e. The van der Waals surface area contributed by atoms with Crippen molar-refractivity contribution in [3.8, 4) is 0 Å². The van der Waals surface area contributed by atoms with Gasteiger partial charge in [0.2, 0.25) is 0 Å². The maximum absolute atomic E-state index is 12.4. The monoisotopic (exact) mass is 305 g/mol. The minimum absolute atomic E-state index is 0.0267. The first-order valence-electron chi connectivity index (χ1n) is 7.11. The molecule has 0 aromatic rings. The lowest BCUT2D eigenvalue weighted by molar-refractivity contribution is -0.151. The lowest BCUT2D eigenvalue weighted by Gasteiger charge is -2.37. The van der Waals surface area contributed by atoms with Crippen LogP contribution in [0.2, 0.25) is 0 Å². The van der Waals surface area contributed by atoms with Crippen molar-refractivity contribution < 1.29 is 17.9 Å². The number of hydrogen-bond donors (Lipinski definition) is 1. The number of sulfone groups is 1. The van der Waals surface area contributed by atoms with E-state index in [0.717, 1.165) is 6.42 Å². The standard InChI is InChI=1S/C14H27NO4S/c1-9-6-10(2)13(11(15)7-9)20(17,18)8-12(16)19-14(3,4)5/h9-11,13H,6-8,15H2,1-5H3. The number of nitrogens with two attached hydrogens (primary N) is 1. The summed E-state index contributed by atoms with van der Waals surface area (Å²) in [6.07, 6.45) is 1.51. The van der Waals surface area contributed by atoms with Crippen LogP contribution >= 0.6 is 0 Å².